The van der Waals surface area contributed by atoms with E-state index in [0.717, 1.165) is 6.20 Å². The summed E-state index contributed by atoms with van der Waals surface area (Å²) in [4.78, 5) is 36.1. The molecule has 2 N–H and O–H groups in total. The lowest BCUT2D eigenvalue weighted by molar-refractivity contribution is 1.09. The van der Waals surface area contributed by atoms with Crippen molar-refractivity contribution in [3.8, 4) is 11.5 Å². The number of H-pyrrole nitrogens is 2. The Morgan fingerprint density at radius 1 is 1.11 bits per heavy atom. The molecule has 2 heterocycles. The van der Waals surface area contributed by atoms with E-state index in [-0.39, 0.29) is 11.1 Å². The topological polar surface area (TPSA) is 91.5 Å². The molecule has 0 amide bonds. The number of nitrogens with one attached hydrogen (secondary N) is 2. The van der Waals surface area contributed by atoms with Crippen LogP contribution in [0.3, 0.4) is 0 Å². The van der Waals surface area contributed by atoms with Gasteiger partial charge in [0.1, 0.15) is 5.69 Å². The normalized spacial score (nSPS) is 10.7. The molecular weight excluding hydrogens is 232 g/mol. The molecule has 1 aromatic carbocycles. The van der Waals surface area contributed by atoms with E-state index in [9.17, 15) is 9.59 Å². The Morgan fingerprint density at radius 2 is 1.94 bits per heavy atom. The first kappa shape index (κ1) is 10.4. The monoisotopic (exact) mass is 240 g/mol. The van der Waals surface area contributed by atoms with Crippen molar-refractivity contribution in [1.29, 1.82) is 0 Å². The maximum atomic E-state index is 11.8. The van der Waals surface area contributed by atoms with Gasteiger partial charge in [-0.05, 0) is 12.1 Å². The van der Waals surface area contributed by atoms with Crippen LogP contribution in [0, 0.1) is 0 Å². The van der Waals surface area contributed by atoms with Gasteiger partial charge < -0.3 is 9.97 Å². The second-order valence-electron chi connectivity index (χ2n) is 3.73. The van der Waals surface area contributed by atoms with Crippen molar-refractivity contribution in [1.82, 2.24) is 19.9 Å². The van der Waals surface area contributed by atoms with Crippen LogP contribution in [0.2, 0.25) is 0 Å². The van der Waals surface area contributed by atoms with E-state index >= 15 is 0 Å². The molecule has 2 aromatic heterocycles. The fourth-order valence-electron chi connectivity index (χ4n) is 1.68. The summed E-state index contributed by atoms with van der Waals surface area (Å²) in [7, 11) is 0. The van der Waals surface area contributed by atoms with Crippen molar-refractivity contribution >= 4 is 10.9 Å². The van der Waals surface area contributed by atoms with E-state index in [2.05, 4.69) is 19.9 Å². The van der Waals surface area contributed by atoms with Crippen LogP contribution in [0.4, 0.5) is 0 Å². The number of fused-ring (bicyclic) bond motifs is 1. The van der Waals surface area contributed by atoms with Crippen molar-refractivity contribution in [2.75, 3.05) is 0 Å². The van der Waals surface area contributed by atoms with Gasteiger partial charge in [-0.1, -0.05) is 12.1 Å². The maximum Gasteiger partial charge on any atom is 0.266 e. The summed E-state index contributed by atoms with van der Waals surface area (Å²) < 4.78 is 0. The summed E-state index contributed by atoms with van der Waals surface area (Å²) in [6.07, 6.45) is 2.56. The average molecular weight is 240 g/mol. The lowest BCUT2D eigenvalue weighted by Gasteiger charge is -2.01. The first-order valence-electron chi connectivity index (χ1n) is 5.28. The number of rotatable bonds is 1. The van der Waals surface area contributed by atoms with Gasteiger partial charge in [-0.25, -0.2) is 9.97 Å². The van der Waals surface area contributed by atoms with E-state index in [1.807, 2.05) is 0 Å². The molecule has 0 spiro atoms. The Hall–Kier alpha value is -2.76. The minimum absolute atomic E-state index is 0.233. The van der Waals surface area contributed by atoms with Crippen LogP contribution < -0.4 is 11.1 Å². The Balaban J connectivity index is 2.27. The largest absolute Gasteiger partial charge is 0.325 e. The molecule has 0 saturated carbocycles. The Labute approximate surface area is 100 Å². The van der Waals surface area contributed by atoms with Gasteiger partial charge in [-0.3, -0.25) is 9.59 Å². The van der Waals surface area contributed by atoms with E-state index in [4.69, 9.17) is 0 Å². The number of benzene rings is 1. The third kappa shape index (κ3) is 1.69. The zero-order valence-electron chi connectivity index (χ0n) is 9.18. The molecule has 0 atom stereocenters. The highest BCUT2D eigenvalue weighted by Gasteiger charge is 2.06. The smallest absolute Gasteiger partial charge is 0.266 e. The zero-order valence-corrected chi connectivity index (χ0v) is 9.18. The second-order valence-corrected chi connectivity index (χ2v) is 3.73. The molecule has 88 valence electrons. The van der Waals surface area contributed by atoms with Crippen molar-refractivity contribution in [3.63, 3.8) is 0 Å². The van der Waals surface area contributed by atoms with Gasteiger partial charge in [0.15, 0.2) is 5.82 Å². The average Bonchev–Trinajstić information content (AvgIpc) is 2.39. The second kappa shape index (κ2) is 3.92. The summed E-state index contributed by atoms with van der Waals surface area (Å²) in [6.45, 7) is 0. The number of hydrogen-bond donors (Lipinski definition) is 2. The summed E-state index contributed by atoms with van der Waals surface area (Å²) in [5, 5.41) is 0.519. The molecule has 0 aliphatic rings. The van der Waals surface area contributed by atoms with Gasteiger partial charge in [-0.15, -0.1) is 0 Å². The van der Waals surface area contributed by atoms with Gasteiger partial charge >= 0.3 is 0 Å². The van der Waals surface area contributed by atoms with E-state index < -0.39 is 0 Å². The minimum atomic E-state index is -0.304. The van der Waals surface area contributed by atoms with Gasteiger partial charge in [0.25, 0.3) is 11.1 Å². The molecule has 0 fully saturated rings. The molecule has 3 rings (SSSR count). The zero-order chi connectivity index (χ0) is 12.5. The standard InChI is InChI=1S/C12H8N4O2/c17-10-6-13-9(5-14-10)11-15-8-4-2-1-3-7(8)12(18)16-11/h1-6H,(H,14,17)(H,15,16,18). The quantitative estimate of drug-likeness (QED) is 0.654. The van der Waals surface area contributed by atoms with Crippen LogP contribution in [-0.4, -0.2) is 19.9 Å². The van der Waals surface area contributed by atoms with Crippen LogP contribution in [0.1, 0.15) is 0 Å². The van der Waals surface area contributed by atoms with Crippen molar-refractivity contribution in [3.05, 3.63) is 57.4 Å². The molecule has 6 heteroatoms. The highest BCUT2D eigenvalue weighted by atomic mass is 16.1. The van der Waals surface area contributed by atoms with Crippen molar-refractivity contribution < 1.29 is 0 Å². The first-order chi connectivity index (χ1) is 8.74. The number of aromatic nitrogens is 4. The predicted octanol–water partition coefficient (Wildman–Crippen LogP) is 0.673. The fraction of sp³-hybridized carbons (Fsp3) is 0. The van der Waals surface area contributed by atoms with E-state index in [1.165, 1.54) is 6.20 Å². The molecule has 3 aromatic rings. The fourth-order valence-corrected chi connectivity index (χ4v) is 1.68. The molecule has 0 bridgehead atoms. The predicted molar refractivity (Wildman–Crippen MR) is 66.2 cm³/mol. The molecule has 0 saturated heterocycles. The number of aromatic amines is 2. The lowest BCUT2D eigenvalue weighted by atomic mass is 10.2. The third-order valence-electron chi connectivity index (χ3n) is 2.53. The Kier molecular flexibility index (Phi) is 2.26. The van der Waals surface area contributed by atoms with Crippen molar-refractivity contribution in [2.45, 2.75) is 0 Å². The Bertz CT molecular complexity index is 815. The molecule has 0 aliphatic heterocycles. The molecule has 18 heavy (non-hydrogen) atoms. The minimum Gasteiger partial charge on any atom is -0.325 e. The van der Waals surface area contributed by atoms with Crippen molar-refractivity contribution in [2.24, 2.45) is 0 Å². The first-order valence-corrected chi connectivity index (χ1v) is 5.28. The third-order valence-corrected chi connectivity index (χ3v) is 2.53. The van der Waals surface area contributed by atoms with Crippen LogP contribution in [0.15, 0.2) is 46.2 Å². The summed E-state index contributed by atoms with van der Waals surface area (Å²) in [5.74, 6) is 0.329. The highest BCUT2D eigenvalue weighted by Crippen LogP contribution is 2.11. The van der Waals surface area contributed by atoms with Crippen LogP contribution in [0.25, 0.3) is 22.4 Å². The van der Waals surface area contributed by atoms with Crippen LogP contribution in [-0.2, 0) is 0 Å². The lowest BCUT2D eigenvalue weighted by Crippen LogP contribution is -2.11. The van der Waals surface area contributed by atoms with Crippen LogP contribution >= 0.6 is 0 Å². The summed E-state index contributed by atoms with van der Waals surface area (Å²) in [5.41, 5.74) is 0.465. The number of para-hydroxylation sites is 1. The number of nitrogens with zero attached hydrogens (tertiary/aromatic N) is 2. The molecule has 6 nitrogen and oxygen atoms in total. The molecule has 0 radical (unpaired) electrons. The van der Waals surface area contributed by atoms with Gasteiger partial charge in [0.2, 0.25) is 0 Å². The molecule has 0 unspecified atom stereocenters. The molecule has 0 aliphatic carbocycles. The highest BCUT2D eigenvalue weighted by molar-refractivity contribution is 5.78. The van der Waals surface area contributed by atoms with Gasteiger partial charge in [-0.2, -0.15) is 0 Å². The SMILES string of the molecule is O=c1cnc(-c2nc3ccccc3c(=O)[nH]2)c[nH]1. The summed E-state index contributed by atoms with van der Waals surface area (Å²) in [6, 6.07) is 7.03. The molecular formula is C12H8N4O2. The van der Waals surface area contributed by atoms with E-state index in [0.29, 0.717) is 22.4 Å². The van der Waals surface area contributed by atoms with Gasteiger partial charge in [0.05, 0.1) is 17.1 Å². The van der Waals surface area contributed by atoms with Crippen LogP contribution in [0.5, 0.6) is 0 Å². The van der Waals surface area contributed by atoms with E-state index in [1.54, 1.807) is 24.3 Å². The van der Waals surface area contributed by atoms with Gasteiger partial charge in [0, 0.05) is 6.20 Å². The maximum absolute atomic E-state index is 11.8. The summed E-state index contributed by atoms with van der Waals surface area (Å²) >= 11 is 0. The number of hydrogen-bond acceptors (Lipinski definition) is 4. The Morgan fingerprint density at radius 3 is 2.72 bits per heavy atom.